The summed E-state index contributed by atoms with van der Waals surface area (Å²) in [6.07, 6.45) is 0.531. The summed E-state index contributed by atoms with van der Waals surface area (Å²) in [5.74, 6) is 0.586. The zero-order chi connectivity index (χ0) is 20.8. The Morgan fingerprint density at radius 2 is 1.76 bits per heavy atom. The van der Waals surface area contributed by atoms with Crippen molar-refractivity contribution < 1.29 is 14.3 Å². The van der Waals surface area contributed by atoms with Gasteiger partial charge < -0.3 is 19.9 Å². The molecule has 3 rings (SSSR count). The Bertz CT molecular complexity index is 862. The number of carbonyl (C=O) groups is 2. The monoisotopic (exact) mass is 415 g/mol. The molecule has 7 heteroatoms. The van der Waals surface area contributed by atoms with Gasteiger partial charge >= 0.3 is 0 Å². The highest BCUT2D eigenvalue weighted by Gasteiger charge is 2.21. The minimum atomic E-state index is -0.249. The summed E-state index contributed by atoms with van der Waals surface area (Å²) in [5.41, 5.74) is 2.66. The normalized spacial score (nSPS) is 13.9. The highest BCUT2D eigenvalue weighted by Crippen LogP contribution is 2.29. The van der Waals surface area contributed by atoms with Crippen molar-refractivity contribution >= 4 is 34.8 Å². The van der Waals surface area contributed by atoms with Crippen LogP contribution in [0.25, 0.3) is 0 Å². The topological polar surface area (TPSA) is 61.9 Å². The van der Waals surface area contributed by atoms with E-state index in [1.165, 1.54) is 0 Å². The van der Waals surface area contributed by atoms with Gasteiger partial charge in [0.05, 0.1) is 10.7 Å². The second-order valence-corrected chi connectivity index (χ2v) is 7.44. The smallest absolute Gasteiger partial charge is 0.262 e. The lowest BCUT2D eigenvalue weighted by molar-refractivity contribution is -0.131. The summed E-state index contributed by atoms with van der Waals surface area (Å²) in [6, 6.07) is 13.0. The maximum absolute atomic E-state index is 12.2. The van der Waals surface area contributed by atoms with E-state index >= 15 is 0 Å². The van der Waals surface area contributed by atoms with Crippen molar-refractivity contribution in [2.45, 2.75) is 20.3 Å². The number of ether oxygens (including phenoxy) is 1. The maximum Gasteiger partial charge on any atom is 0.262 e. The number of carbonyl (C=O) groups excluding carboxylic acids is 2. The second-order valence-electron chi connectivity index (χ2n) is 7.04. The summed E-state index contributed by atoms with van der Waals surface area (Å²) in [4.78, 5) is 28.0. The SMILES string of the molecule is CCC(=O)N1CCN(c2ccc(NC(=O)COc3ccc(C)cc3)cc2Cl)CC1. The molecule has 6 nitrogen and oxygen atoms in total. The number of halogens is 1. The van der Waals surface area contributed by atoms with Crippen molar-refractivity contribution in [3.05, 3.63) is 53.1 Å². The number of hydrogen-bond acceptors (Lipinski definition) is 4. The molecular weight excluding hydrogens is 390 g/mol. The Kier molecular flexibility index (Phi) is 6.99. The number of nitrogens with one attached hydrogen (secondary N) is 1. The molecule has 2 amide bonds. The van der Waals surface area contributed by atoms with E-state index in [1.807, 2.05) is 55.1 Å². The molecule has 0 aliphatic carbocycles. The zero-order valence-electron chi connectivity index (χ0n) is 16.8. The molecule has 0 unspecified atom stereocenters. The Morgan fingerprint density at radius 3 is 2.38 bits per heavy atom. The van der Waals surface area contributed by atoms with Crippen molar-refractivity contribution in [3.8, 4) is 5.75 Å². The maximum atomic E-state index is 12.2. The molecule has 29 heavy (non-hydrogen) atoms. The molecule has 0 radical (unpaired) electrons. The second kappa shape index (κ2) is 9.65. The molecule has 1 aliphatic rings. The lowest BCUT2D eigenvalue weighted by Crippen LogP contribution is -2.48. The highest BCUT2D eigenvalue weighted by atomic mass is 35.5. The predicted octanol–water partition coefficient (Wildman–Crippen LogP) is 3.72. The van der Waals surface area contributed by atoms with Gasteiger partial charge in [0, 0.05) is 38.3 Å². The molecule has 154 valence electrons. The molecule has 1 fully saturated rings. The van der Waals surface area contributed by atoms with Crippen molar-refractivity contribution in [1.29, 1.82) is 0 Å². The first kappa shape index (κ1) is 21.0. The van der Waals surface area contributed by atoms with E-state index in [2.05, 4.69) is 10.2 Å². The van der Waals surface area contributed by atoms with Crippen LogP contribution in [0.2, 0.25) is 5.02 Å². The molecular formula is C22H26ClN3O3. The highest BCUT2D eigenvalue weighted by molar-refractivity contribution is 6.33. The van der Waals surface area contributed by atoms with Gasteiger partial charge in [0.15, 0.2) is 6.61 Å². The van der Waals surface area contributed by atoms with Crippen LogP contribution in [-0.2, 0) is 9.59 Å². The third-order valence-corrected chi connectivity index (χ3v) is 5.20. The van der Waals surface area contributed by atoms with Crippen LogP contribution in [0.3, 0.4) is 0 Å². The third kappa shape index (κ3) is 5.64. The fourth-order valence-corrected chi connectivity index (χ4v) is 3.54. The van der Waals surface area contributed by atoms with E-state index in [0.717, 1.165) is 24.3 Å². The zero-order valence-corrected chi connectivity index (χ0v) is 17.5. The minimum Gasteiger partial charge on any atom is -0.484 e. The quantitative estimate of drug-likeness (QED) is 0.781. The van der Waals surface area contributed by atoms with Crippen LogP contribution in [0, 0.1) is 6.92 Å². The molecule has 2 aromatic carbocycles. The van der Waals surface area contributed by atoms with E-state index in [9.17, 15) is 9.59 Å². The van der Waals surface area contributed by atoms with Crippen molar-refractivity contribution in [2.24, 2.45) is 0 Å². The Morgan fingerprint density at radius 1 is 1.07 bits per heavy atom. The number of hydrogen-bond donors (Lipinski definition) is 1. The summed E-state index contributed by atoms with van der Waals surface area (Å²) in [7, 11) is 0. The van der Waals surface area contributed by atoms with Crippen LogP contribution in [0.5, 0.6) is 5.75 Å². The van der Waals surface area contributed by atoms with Gasteiger partial charge in [-0.05, 0) is 37.3 Å². The lowest BCUT2D eigenvalue weighted by atomic mass is 10.2. The van der Waals surface area contributed by atoms with Gasteiger partial charge in [0.25, 0.3) is 5.91 Å². The first-order chi connectivity index (χ1) is 14.0. The van der Waals surface area contributed by atoms with E-state index in [1.54, 1.807) is 6.07 Å². The molecule has 1 N–H and O–H groups in total. The fraction of sp³-hybridized carbons (Fsp3) is 0.364. The molecule has 0 spiro atoms. The summed E-state index contributed by atoms with van der Waals surface area (Å²) in [5, 5.41) is 3.37. The summed E-state index contributed by atoms with van der Waals surface area (Å²) < 4.78 is 5.50. The third-order valence-electron chi connectivity index (χ3n) is 4.90. The van der Waals surface area contributed by atoms with Gasteiger partial charge in [-0.25, -0.2) is 0 Å². The van der Waals surface area contributed by atoms with Crippen LogP contribution < -0.4 is 15.0 Å². The first-order valence-corrected chi connectivity index (χ1v) is 10.2. The van der Waals surface area contributed by atoms with Gasteiger partial charge in [-0.15, -0.1) is 0 Å². The number of rotatable bonds is 6. The molecule has 1 aliphatic heterocycles. The van der Waals surface area contributed by atoms with Crippen molar-refractivity contribution in [2.75, 3.05) is 43.0 Å². The van der Waals surface area contributed by atoms with Gasteiger partial charge in [0.1, 0.15) is 5.75 Å². The number of nitrogens with zero attached hydrogens (tertiary/aromatic N) is 2. The van der Waals surface area contributed by atoms with Crippen LogP contribution in [0.4, 0.5) is 11.4 Å². The van der Waals surface area contributed by atoms with Gasteiger partial charge in [-0.1, -0.05) is 36.2 Å². The van der Waals surface area contributed by atoms with E-state index in [4.69, 9.17) is 16.3 Å². The van der Waals surface area contributed by atoms with Crippen LogP contribution >= 0.6 is 11.6 Å². The molecule has 1 saturated heterocycles. The predicted molar refractivity (Wildman–Crippen MR) is 116 cm³/mol. The molecule has 0 aromatic heterocycles. The van der Waals surface area contributed by atoms with Crippen molar-refractivity contribution in [3.63, 3.8) is 0 Å². The largest absolute Gasteiger partial charge is 0.484 e. The molecule has 1 heterocycles. The van der Waals surface area contributed by atoms with Crippen LogP contribution in [-0.4, -0.2) is 49.5 Å². The van der Waals surface area contributed by atoms with Gasteiger partial charge in [-0.3, -0.25) is 9.59 Å². The number of aryl methyl sites for hydroxylation is 1. The van der Waals surface area contributed by atoms with E-state index in [-0.39, 0.29) is 18.4 Å². The van der Waals surface area contributed by atoms with Crippen LogP contribution in [0.15, 0.2) is 42.5 Å². The number of benzene rings is 2. The average Bonchev–Trinajstić information content (AvgIpc) is 2.73. The number of piperazine rings is 1. The minimum absolute atomic E-state index is 0.0736. The van der Waals surface area contributed by atoms with Gasteiger partial charge in [0.2, 0.25) is 5.91 Å². The van der Waals surface area contributed by atoms with Crippen LogP contribution in [0.1, 0.15) is 18.9 Å². The number of anilines is 2. The summed E-state index contributed by atoms with van der Waals surface area (Å²) in [6.45, 7) is 6.66. The Hall–Kier alpha value is -2.73. The van der Waals surface area contributed by atoms with E-state index in [0.29, 0.717) is 36.0 Å². The van der Waals surface area contributed by atoms with Gasteiger partial charge in [-0.2, -0.15) is 0 Å². The molecule has 0 bridgehead atoms. The summed E-state index contributed by atoms with van der Waals surface area (Å²) >= 11 is 6.46. The Labute approximate surface area is 176 Å². The first-order valence-electron chi connectivity index (χ1n) is 9.78. The molecule has 0 atom stereocenters. The van der Waals surface area contributed by atoms with E-state index < -0.39 is 0 Å². The Balaban J connectivity index is 1.53. The average molecular weight is 416 g/mol. The fourth-order valence-electron chi connectivity index (χ4n) is 3.24. The number of amides is 2. The lowest BCUT2D eigenvalue weighted by Gasteiger charge is -2.36. The standard InChI is InChI=1S/C22H26ClN3O3/c1-3-22(28)26-12-10-25(11-13-26)20-9-6-17(14-19(20)23)24-21(27)15-29-18-7-4-16(2)5-8-18/h4-9,14H,3,10-13,15H2,1-2H3,(H,24,27). The van der Waals surface area contributed by atoms with Crippen molar-refractivity contribution in [1.82, 2.24) is 4.90 Å². The molecule has 2 aromatic rings. The molecule has 0 saturated carbocycles.